The summed E-state index contributed by atoms with van der Waals surface area (Å²) in [6, 6.07) is 10.5. The Morgan fingerprint density at radius 2 is 1.89 bits per heavy atom. The molecule has 0 heterocycles. The standard InChI is InChI=1S/C15H26N2O/c1-14(2)13-18-12-11-17(10-6-9-16)15-7-4-3-5-8-15/h3-5,7-8,14H,6,9-13,16H2,1-2H3. The van der Waals surface area contributed by atoms with E-state index in [4.69, 9.17) is 10.5 Å². The number of nitrogens with two attached hydrogens (primary N) is 1. The van der Waals surface area contributed by atoms with Gasteiger partial charge in [-0.2, -0.15) is 0 Å². The quantitative estimate of drug-likeness (QED) is 0.684. The fourth-order valence-corrected chi connectivity index (χ4v) is 1.78. The van der Waals surface area contributed by atoms with Gasteiger partial charge < -0.3 is 15.4 Å². The lowest BCUT2D eigenvalue weighted by Gasteiger charge is -2.24. The number of rotatable bonds is 9. The predicted octanol–water partition coefficient (Wildman–Crippen LogP) is 2.51. The summed E-state index contributed by atoms with van der Waals surface area (Å²) < 4.78 is 5.65. The molecule has 0 unspecified atom stereocenters. The molecule has 0 spiro atoms. The molecule has 0 saturated heterocycles. The summed E-state index contributed by atoms with van der Waals surface area (Å²) in [4.78, 5) is 2.34. The van der Waals surface area contributed by atoms with Gasteiger partial charge in [-0.15, -0.1) is 0 Å². The van der Waals surface area contributed by atoms with E-state index in [1.807, 2.05) is 6.07 Å². The van der Waals surface area contributed by atoms with Crippen molar-refractivity contribution >= 4 is 5.69 Å². The van der Waals surface area contributed by atoms with Crippen LogP contribution in [0.15, 0.2) is 30.3 Å². The summed E-state index contributed by atoms with van der Waals surface area (Å²) in [6.45, 7) is 8.60. The van der Waals surface area contributed by atoms with Crippen LogP contribution in [-0.2, 0) is 4.74 Å². The van der Waals surface area contributed by atoms with E-state index in [1.54, 1.807) is 0 Å². The Hall–Kier alpha value is -1.06. The fourth-order valence-electron chi connectivity index (χ4n) is 1.78. The van der Waals surface area contributed by atoms with Gasteiger partial charge in [-0.1, -0.05) is 32.0 Å². The molecule has 0 fully saturated rings. The minimum Gasteiger partial charge on any atom is -0.379 e. The minimum absolute atomic E-state index is 0.596. The van der Waals surface area contributed by atoms with Crippen molar-refractivity contribution in [3.05, 3.63) is 30.3 Å². The largest absolute Gasteiger partial charge is 0.379 e. The zero-order valence-electron chi connectivity index (χ0n) is 11.6. The van der Waals surface area contributed by atoms with E-state index in [1.165, 1.54) is 5.69 Å². The summed E-state index contributed by atoms with van der Waals surface area (Å²) in [5.74, 6) is 0.596. The van der Waals surface area contributed by atoms with Gasteiger partial charge in [-0.25, -0.2) is 0 Å². The van der Waals surface area contributed by atoms with Crippen LogP contribution < -0.4 is 10.6 Å². The second-order valence-electron chi connectivity index (χ2n) is 4.93. The number of nitrogens with zero attached hydrogens (tertiary/aromatic N) is 1. The molecule has 0 aliphatic heterocycles. The highest BCUT2D eigenvalue weighted by molar-refractivity contribution is 5.45. The van der Waals surface area contributed by atoms with Crippen LogP contribution in [0.5, 0.6) is 0 Å². The number of ether oxygens (including phenoxy) is 1. The zero-order valence-corrected chi connectivity index (χ0v) is 11.6. The summed E-state index contributed by atoms with van der Waals surface area (Å²) in [5, 5.41) is 0. The van der Waals surface area contributed by atoms with Crippen molar-refractivity contribution in [3.8, 4) is 0 Å². The van der Waals surface area contributed by atoms with Crippen LogP contribution in [-0.4, -0.2) is 32.8 Å². The monoisotopic (exact) mass is 250 g/mol. The lowest BCUT2D eigenvalue weighted by molar-refractivity contribution is 0.115. The third-order valence-electron chi connectivity index (χ3n) is 2.71. The van der Waals surface area contributed by atoms with E-state index >= 15 is 0 Å². The lowest BCUT2D eigenvalue weighted by Crippen LogP contribution is -2.30. The normalized spacial score (nSPS) is 10.9. The van der Waals surface area contributed by atoms with Crippen LogP contribution in [0.3, 0.4) is 0 Å². The van der Waals surface area contributed by atoms with E-state index in [2.05, 4.69) is 43.0 Å². The third kappa shape index (κ3) is 6.03. The van der Waals surface area contributed by atoms with Crippen LogP contribution in [0.1, 0.15) is 20.3 Å². The van der Waals surface area contributed by atoms with E-state index in [-0.39, 0.29) is 0 Å². The number of benzene rings is 1. The average Bonchev–Trinajstić information content (AvgIpc) is 2.38. The molecule has 102 valence electrons. The van der Waals surface area contributed by atoms with Crippen LogP contribution in [0.4, 0.5) is 5.69 Å². The van der Waals surface area contributed by atoms with E-state index in [9.17, 15) is 0 Å². The summed E-state index contributed by atoms with van der Waals surface area (Å²) in [6.07, 6.45) is 1.01. The van der Waals surface area contributed by atoms with Crippen molar-refractivity contribution in [2.45, 2.75) is 20.3 Å². The van der Waals surface area contributed by atoms with Gasteiger partial charge in [0.15, 0.2) is 0 Å². The van der Waals surface area contributed by atoms with Crippen molar-refractivity contribution in [3.63, 3.8) is 0 Å². The Morgan fingerprint density at radius 3 is 2.50 bits per heavy atom. The van der Waals surface area contributed by atoms with Crippen LogP contribution in [0.2, 0.25) is 0 Å². The Balaban J connectivity index is 2.41. The Labute approximate surface area is 111 Å². The van der Waals surface area contributed by atoms with Crippen molar-refractivity contribution in [1.29, 1.82) is 0 Å². The summed E-state index contributed by atoms with van der Waals surface area (Å²) in [5.41, 5.74) is 6.84. The zero-order chi connectivity index (χ0) is 13.2. The molecule has 0 radical (unpaired) electrons. The van der Waals surface area contributed by atoms with Gasteiger partial charge in [0, 0.05) is 25.4 Å². The molecule has 1 aromatic rings. The Morgan fingerprint density at radius 1 is 1.17 bits per heavy atom. The number of hydrogen-bond donors (Lipinski definition) is 1. The molecule has 0 aliphatic carbocycles. The molecule has 0 atom stereocenters. The first-order valence-electron chi connectivity index (χ1n) is 6.82. The Bertz CT molecular complexity index is 301. The van der Waals surface area contributed by atoms with Gasteiger partial charge >= 0.3 is 0 Å². The van der Waals surface area contributed by atoms with Gasteiger partial charge in [0.2, 0.25) is 0 Å². The molecule has 0 bridgehead atoms. The van der Waals surface area contributed by atoms with Gasteiger partial charge in [-0.05, 0) is 31.0 Å². The summed E-state index contributed by atoms with van der Waals surface area (Å²) >= 11 is 0. The molecule has 3 nitrogen and oxygen atoms in total. The molecule has 1 aromatic carbocycles. The highest BCUT2D eigenvalue weighted by Gasteiger charge is 2.05. The molecule has 0 saturated carbocycles. The van der Waals surface area contributed by atoms with Crippen molar-refractivity contribution in [2.75, 3.05) is 37.7 Å². The van der Waals surface area contributed by atoms with Crippen molar-refractivity contribution in [2.24, 2.45) is 11.7 Å². The molecule has 18 heavy (non-hydrogen) atoms. The topological polar surface area (TPSA) is 38.5 Å². The van der Waals surface area contributed by atoms with Crippen molar-refractivity contribution < 1.29 is 4.74 Å². The second kappa shape index (κ2) is 8.95. The molecule has 1 rings (SSSR count). The maximum absolute atomic E-state index is 5.65. The molecular formula is C15H26N2O. The summed E-state index contributed by atoms with van der Waals surface area (Å²) in [7, 11) is 0. The van der Waals surface area contributed by atoms with Gasteiger partial charge in [-0.3, -0.25) is 0 Å². The first kappa shape index (κ1) is 15.0. The van der Waals surface area contributed by atoms with Crippen LogP contribution >= 0.6 is 0 Å². The maximum Gasteiger partial charge on any atom is 0.0641 e. The van der Waals surface area contributed by atoms with E-state index in [0.29, 0.717) is 5.92 Å². The molecule has 2 N–H and O–H groups in total. The molecule has 0 aliphatic rings. The number of hydrogen-bond acceptors (Lipinski definition) is 3. The van der Waals surface area contributed by atoms with Gasteiger partial charge in [0.1, 0.15) is 0 Å². The number of para-hydroxylation sites is 1. The third-order valence-corrected chi connectivity index (χ3v) is 2.71. The van der Waals surface area contributed by atoms with E-state index in [0.717, 1.165) is 39.3 Å². The van der Waals surface area contributed by atoms with Gasteiger partial charge in [0.05, 0.1) is 6.61 Å². The highest BCUT2D eigenvalue weighted by Crippen LogP contribution is 2.13. The lowest BCUT2D eigenvalue weighted by atomic mass is 10.2. The average molecular weight is 250 g/mol. The smallest absolute Gasteiger partial charge is 0.0641 e. The minimum atomic E-state index is 0.596. The first-order chi connectivity index (χ1) is 8.74. The highest BCUT2D eigenvalue weighted by atomic mass is 16.5. The fraction of sp³-hybridized carbons (Fsp3) is 0.600. The molecular weight excluding hydrogens is 224 g/mol. The number of anilines is 1. The maximum atomic E-state index is 5.65. The first-order valence-corrected chi connectivity index (χ1v) is 6.82. The molecule has 0 aromatic heterocycles. The second-order valence-corrected chi connectivity index (χ2v) is 4.93. The van der Waals surface area contributed by atoms with Gasteiger partial charge in [0.25, 0.3) is 0 Å². The SMILES string of the molecule is CC(C)COCCN(CCCN)c1ccccc1. The predicted molar refractivity (Wildman–Crippen MR) is 78.0 cm³/mol. The van der Waals surface area contributed by atoms with Crippen LogP contribution in [0, 0.1) is 5.92 Å². The Kier molecular flexibility index (Phi) is 7.46. The molecule has 0 amide bonds. The van der Waals surface area contributed by atoms with Crippen molar-refractivity contribution in [1.82, 2.24) is 0 Å². The van der Waals surface area contributed by atoms with Crippen LogP contribution in [0.25, 0.3) is 0 Å². The molecule has 3 heteroatoms. The van der Waals surface area contributed by atoms with E-state index < -0.39 is 0 Å².